The van der Waals surface area contributed by atoms with Crippen LogP contribution in [0.15, 0.2) is 12.7 Å². The molecule has 2 heteroatoms. The first-order chi connectivity index (χ1) is 5.31. The highest BCUT2D eigenvalue weighted by atomic mass is 14.8. The highest BCUT2D eigenvalue weighted by molar-refractivity contribution is 5.52. The van der Waals surface area contributed by atoms with Crippen molar-refractivity contribution in [2.24, 2.45) is 5.92 Å². The summed E-state index contributed by atoms with van der Waals surface area (Å²) in [5.74, 6) is 0.600. The summed E-state index contributed by atoms with van der Waals surface area (Å²) in [7, 11) is 0. The lowest BCUT2D eigenvalue weighted by Crippen LogP contribution is -2.18. The van der Waals surface area contributed by atoms with Crippen molar-refractivity contribution in [2.45, 2.75) is 19.8 Å². The van der Waals surface area contributed by atoms with Crippen LogP contribution >= 0.6 is 0 Å². The summed E-state index contributed by atoms with van der Waals surface area (Å²) in [5.41, 5.74) is 0. The average Bonchev–Trinajstić information content (AvgIpc) is 2.04. The van der Waals surface area contributed by atoms with E-state index in [0.717, 1.165) is 25.9 Å². The van der Waals surface area contributed by atoms with Crippen molar-refractivity contribution < 1.29 is 0 Å². The van der Waals surface area contributed by atoms with E-state index in [1.807, 2.05) is 6.08 Å². The van der Waals surface area contributed by atoms with Crippen molar-refractivity contribution in [1.29, 1.82) is 5.41 Å². The second-order valence-electron chi connectivity index (χ2n) is 2.74. The maximum atomic E-state index is 6.78. The quantitative estimate of drug-likeness (QED) is 0.327. The van der Waals surface area contributed by atoms with Gasteiger partial charge < -0.3 is 10.7 Å². The molecule has 0 aromatic carbocycles. The highest BCUT2D eigenvalue weighted by Gasteiger charge is 1.93. The molecule has 0 heterocycles. The molecular formula is C9H18N2. The van der Waals surface area contributed by atoms with Crippen molar-refractivity contribution in [2.75, 3.05) is 13.1 Å². The van der Waals surface area contributed by atoms with Gasteiger partial charge >= 0.3 is 0 Å². The third-order valence-corrected chi connectivity index (χ3v) is 1.64. The van der Waals surface area contributed by atoms with Crippen molar-refractivity contribution >= 4 is 6.21 Å². The normalized spacial score (nSPS) is 12.5. The van der Waals surface area contributed by atoms with E-state index in [2.05, 4.69) is 18.8 Å². The Kier molecular flexibility index (Phi) is 7.05. The van der Waals surface area contributed by atoms with Crippen LogP contribution in [0.2, 0.25) is 0 Å². The largest absolute Gasteiger partial charge is 0.316 e. The molecular weight excluding hydrogens is 136 g/mol. The molecule has 0 rings (SSSR count). The predicted octanol–water partition coefficient (Wildman–Crippen LogP) is 1.83. The third kappa shape index (κ3) is 7.26. The van der Waals surface area contributed by atoms with Crippen LogP contribution in [0.1, 0.15) is 19.8 Å². The van der Waals surface area contributed by atoms with E-state index in [9.17, 15) is 0 Å². The topological polar surface area (TPSA) is 35.9 Å². The second-order valence-corrected chi connectivity index (χ2v) is 2.74. The van der Waals surface area contributed by atoms with Crippen LogP contribution in [0.3, 0.4) is 0 Å². The molecule has 11 heavy (non-hydrogen) atoms. The van der Waals surface area contributed by atoms with Crippen molar-refractivity contribution in [3.8, 4) is 0 Å². The minimum atomic E-state index is 0.600. The SMILES string of the molecule is C=C[C@@H](C)CCNCCC=N. The Morgan fingerprint density at radius 1 is 1.55 bits per heavy atom. The van der Waals surface area contributed by atoms with Crippen molar-refractivity contribution in [1.82, 2.24) is 5.32 Å². The van der Waals surface area contributed by atoms with Crippen molar-refractivity contribution in [3.05, 3.63) is 12.7 Å². The molecule has 0 aromatic rings. The molecule has 0 saturated heterocycles. The van der Waals surface area contributed by atoms with Gasteiger partial charge in [-0.3, -0.25) is 0 Å². The van der Waals surface area contributed by atoms with Crippen LogP contribution in [0, 0.1) is 11.3 Å². The number of hydrogen-bond donors (Lipinski definition) is 2. The zero-order chi connectivity index (χ0) is 8.53. The minimum Gasteiger partial charge on any atom is -0.316 e. The van der Waals surface area contributed by atoms with E-state index in [1.165, 1.54) is 6.21 Å². The summed E-state index contributed by atoms with van der Waals surface area (Å²) in [6, 6.07) is 0. The Labute approximate surface area is 69.2 Å². The molecule has 0 aliphatic carbocycles. The fourth-order valence-electron chi connectivity index (χ4n) is 0.747. The molecule has 2 N–H and O–H groups in total. The Morgan fingerprint density at radius 2 is 2.27 bits per heavy atom. The first-order valence-electron chi connectivity index (χ1n) is 4.13. The van der Waals surface area contributed by atoms with Gasteiger partial charge in [0.15, 0.2) is 0 Å². The molecule has 0 unspecified atom stereocenters. The van der Waals surface area contributed by atoms with E-state index in [4.69, 9.17) is 5.41 Å². The van der Waals surface area contributed by atoms with E-state index in [-0.39, 0.29) is 0 Å². The first kappa shape index (κ1) is 10.4. The summed E-state index contributed by atoms with van der Waals surface area (Å²) in [5, 5.41) is 10.0. The monoisotopic (exact) mass is 154 g/mol. The van der Waals surface area contributed by atoms with E-state index in [1.54, 1.807) is 0 Å². The molecule has 2 nitrogen and oxygen atoms in total. The Hall–Kier alpha value is -0.630. The van der Waals surface area contributed by atoms with Gasteiger partial charge in [-0.05, 0) is 31.5 Å². The van der Waals surface area contributed by atoms with Gasteiger partial charge in [-0.15, -0.1) is 6.58 Å². The van der Waals surface area contributed by atoms with E-state index in [0.29, 0.717) is 5.92 Å². The Balaban J connectivity index is 3.01. The number of allylic oxidation sites excluding steroid dienone is 1. The lowest BCUT2D eigenvalue weighted by atomic mass is 10.1. The number of hydrogen-bond acceptors (Lipinski definition) is 2. The van der Waals surface area contributed by atoms with E-state index >= 15 is 0 Å². The fraction of sp³-hybridized carbons (Fsp3) is 0.667. The molecule has 0 spiro atoms. The van der Waals surface area contributed by atoms with Gasteiger partial charge in [-0.1, -0.05) is 13.0 Å². The second kappa shape index (κ2) is 7.48. The maximum Gasteiger partial charge on any atom is 0.0000493 e. The number of rotatable bonds is 7. The molecule has 1 atom stereocenters. The molecule has 0 amide bonds. The van der Waals surface area contributed by atoms with Gasteiger partial charge in [0.25, 0.3) is 0 Å². The highest BCUT2D eigenvalue weighted by Crippen LogP contribution is 1.99. The van der Waals surface area contributed by atoms with Crippen LogP contribution in [0.5, 0.6) is 0 Å². The van der Waals surface area contributed by atoms with Gasteiger partial charge in [0, 0.05) is 6.54 Å². The van der Waals surface area contributed by atoms with Gasteiger partial charge in [0.05, 0.1) is 0 Å². The van der Waals surface area contributed by atoms with E-state index < -0.39 is 0 Å². The summed E-state index contributed by atoms with van der Waals surface area (Å²) < 4.78 is 0. The Bertz CT molecular complexity index is 110. The molecule has 0 fully saturated rings. The lowest BCUT2D eigenvalue weighted by molar-refractivity contribution is 0.583. The molecule has 0 aliphatic rings. The molecule has 0 saturated carbocycles. The lowest BCUT2D eigenvalue weighted by Gasteiger charge is -2.05. The summed E-state index contributed by atoms with van der Waals surface area (Å²) >= 11 is 0. The van der Waals surface area contributed by atoms with Crippen LogP contribution in [0.4, 0.5) is 0 Å². The first-order valence-corrected chi connectivity index (χ1v) is 4.13. The standard InChI is InChI=1S/C9H18N2/c1-3-9(2)5-8-11-7-4-6-10/h3,6,9-11H,1,4-5,7-8H2,2H3/t9-/m1/s1. The molecule has 0 radical (unpaired) electrons. The summed E-state index contributed by atoms with van der Waals surface area (Å²) in [6.45, 7) is 7.82. The van der Waals surface area contributed by atoms with Gasteiger partial charge in [-0.25, -0.2) is 0 Å². The Morgan fingerprint density at radius 3 is 2.82 bits per heavy atom. The molecule has 0 aliphatic heterocycles. The molecule has 0 bridgehead atoms. The van der Waals surface area contributed by atoms with Crippen LogP contribution < -0.4 is 5.32 Å². The van der Waals surface area contributed by atoms with Crippen molar-refractivity contribution in [3.63, 3.8) is 0 Å². The van der Waals surface area contributed by atoms with Gasteiger partial charge in [0.2, 0.25) is 0 Å². The molecule has 0 aromatic heterocycles. The van der Waals surface area contributed by atoms with Crippen LogP contribution in [-0.2, 0) is 0 Å². The van der Waals surface area contributed by atoms with Gasteiger partial charge in [0.1, 0.15) is 0 Å². The zero-order valence-electron chi connectivity index (χ0n) is 7.27. The number of nitrogens with one attached hydrogen (secondary N) is 2. The van der Waals surface area contributed by atoms with Gasteiger partial charge in [-0.2, -0.15) is 0 Å². The fourth-order valence-corrected chi connectivity index (χ4v) is 0.747. The minimum absolute atomic E-state index is 0.600. The molecule has 64 valence electrons. The average molecular weight is 154 g/mol. The van der Waals surface area contributed by atoms with Crippen LogP contribution in [-0.4, -0.2) is 19.3 Å². The summed E-state index contributed by atoms with van der Waals surface area (Å²) in [6.07, 6.45) is 5.38. The third-order valence-electron chi connectivity index (χ3n) is 1.64. The van der Waals surface area contributed by atoms with Crippen LogP contribution in [0.25, 0.3) is 0 Å². The smallest absolute Gasteiger partial charge is 0.0000493 e. The zero-order valence-corrected chi connectivity index (χ0v) is 7.27. The maximum absolute atomic E-state index is 6.78. The summed E-state index contributed by atoms with van der Waals surface area (Å²) in [4.78, 5) is 0. The predicted molar refractivity (Wildman–Crippen MR) is 50.2 cm³/mol.